The molecule has 1 rings (SSSR count). The Kier molecular flexibility index (Phi) is 5.19. The first-order valence-electron chi connectivity index (χ1n) is 6.22. The quantitative estimate of drug-likeness (QED) is 0.816. The molecule has 1 unspecified atom stereocenters. The molecule has 0 aliphatic heterocycles. The van der Waals surface area contributed by atoms with Gasteiger partial charge in [0.1, 0.15) is 16.8 Å². The van der Waals surface area contributed by atoms with Crippen LogP contribution in [-0.4, -0.2) is 16.5 Å². The fourth-order valence-electron chi connectivity index (χ4n) is 1.36. The lowest BCUT2D eigenvalue weighted by atomic mass is 9.98. The maximum absolute atomic E-state index is 6.08. The molecule has 0 aliphatic rings. The average Bonchev–Trinajstić information content (AvgIpc) is 2.30. The van der Waals surface area contributed by atoms with Gasteiger partial charge in [0.2, 0.25) is 0 Å². The minimum Gasteiger partial charge on any atom is -0.369 e. The van der Waals surface area contributed by atoms with Gasteiger partial charge in [-0.2, -0.15) is 0 Å². The van der Waals surface area contributed by atoms with E-state index in [1.165, 1.54) is 0 Å². The molecule has 0 aromatic carbocycles. The van der Waals surface area contributed by atoms with Gasteiger partial charge < -0.3 is 5.32 Å². The molecular formula is C13H22ClN3. The second-order valence-corrected chi connectivity index (χ2v) is 5.22. The molecule has 96 valence electrons. The molecule has 0 amide bonds. The largest absolute Gasteiger partial charge is 0.369 e. The van der Waals surface area contributed by atoms with Crippen molar-refractivity contribution in [2.24, 2.45) is 11.8 Å². The molecule has 0 bridgehead atoms. The number of aryl methyl sites for hydroxylation is 1. The van der Waals surface area contributed by atoms with Crippen LogP contribution in [0.1, 0.15) is 39.1 Å². The Morgan fingerprint density at radius 3 is 2.41 bits per heavy atom. The number of rotatable bonds is 5. The van der Waals surface area contributed by atoms with Gasteiger partial charge in [0.05, 0.1) is 0 Å². The predicted molar refractivity (Wildman–Crippen MR) is 73.6 cm³/mol. The van der Waals surface area contributed by atoms with Gasteiger partial charge in [-0.1, -0.05) is 39.3 Å². The lowest BCUT2D eigenvalue weighted by molar-refractivity contribution is 0.439. The van der Waals surface area contributed by atoms with Crippen LogP contribution < -0.4 is 5.32 Å². The van der Waals surface area contributed by atoms with E-state index in [9.17, 15) is 0 Å². The third-order valence-corrected chi connectivity index (χ3v) is 3.55. The van der Waals surface area contributed by atoms with E-state index in [0.717, 1.165) is 30.2 Å². The summed E-state index contributed by atoms with van der Waals surface area (Å²) < 4.78 is 0. The molecule has 3 nitrogen and oxygen atoms in total. The Morgan fingerprint density at radius 1 is 1.24 bits per heavy atom. The number of nitrogens with one attached hydrogen (secondary N) is 1. The highest BCUT2D eigenvalue weighted by Gasteiger charge is 2.11. The standard InChI is InChI=1S/C13H22ClN3/c1-6-11-16-12(14)10(5)13(17-11)15-7-9(4)8(2)3/h8-9H,6-7H2,1-5H3,(H,15,16,17). The van der Waals surface area contributed by atoms with Gasteiger partial charge in [-0.3, -0.25) is 0 Å². The molecule has 0 fully saturated rings. The van der Waals surface area contributed by atoms with Crippen LogP contribution in [-0.2, 0) is 6.42 Å². The zero-order valence-electron chi connectivity index (χ0n) is 11.3. The van der Waals surface area contributed by atoms with Gasteiger partial charge in [0.15, 0.2) is 0 Å². The predicted octanol–water partition coefficient (Wildman–Crippen LogP) is 3.70. The van der Waals surface area contributed by atoms with Crippen LogP contribution in [0.15, 0.2) is 0 Å². The van der Waals surface area contributed by atoms with Gasteiger partial charge in [0, 0.05) is 18.5 Å². The van der Waals surface area contributed by atoms with Crippen LogP contribution in [0.4, 0.5) is 5.82 Å². The van der Waals surface area contributed by atoms with E-state index in [1.54, 1.807) is 0 Å². The highest BCUT2D eigenvalue weighted by Crippen LogP contribution is 2.21. The van der Waals surface area contributed by atoms with Crippen LogP contribution in [0.3, 0.4) is 0 Å². The Hall–Kier alpha value is -0.830. The number of halogens is 1. The van der Waals surface area contributed by atoms with Crippen molar-refractivity contribution in [1.29, 1.82) is 0 Å². The van der Waals surface area contributed by atoms with E-state index in [2.05, 4.69) is 36.1 Å². The van der Waals surface area contributed by atoms with E-state index in [4.69, 9.17) is 11.6 Å². The van der Waals surface area contributed by atoms with E-state index in [-0.39, 0.29) is 0 Å². The summed E-state index contributed by atoms with van der Waals surface area (Å²) in [6.45, 7) is 11.6. The summed E-state index contributed by atoms with van der Waals surface area (Å²) in [6.07, 6.45) is 0.800. The second kappa shape index (κ2) is 6.20. The molecule has 17 heavy (non-hydrogen) atoms. The Bertz CT molecular complexity index is 377. The highest BCUT2D eigenvalue weighted by atomic mass is 35.5. The van der Waals surface area contributed by atoms with Gasteiger partial charge in [0.25, 0.3) is 0 Å². The molecule has 1 atom stereocenters. The maximum Gasteiger partial charge on any atom is 0.137 e. The van der Waals surface area contributed by atoms with Gasteiger partial charge in [-0.25, -0.2) is 9.97 Å². The summed E-state index contributed by atoms with van der Waals surface area (Å²) in [4.78, 5) is 8.70. The zero-order chi connectivity index (χ0) is 13.0. The van der Waals surface area contributed by atoms with Crippen molar-refractivity contribution >= 4 is 17.4 Å². The van der Waals surface area contributed by atoms with Crippen molar-refractivity contribution in [3.8, 4) is 0 Å². The van der Waals surface area contributed by atoms with Crippen LogP contribution >= 0.6 is 11.6 Å². The molecular weight excluding hydrogens is 234 g/mol. The number of hydrogen-bond donors (Lipinski definition) is 1. The minimum atomic E-state index is 0.552. The molecule has 1 heterocycles. The third-order valence-electron chi connectivity index (χ3n) is 3.18. The summed E-state index contributed by atoms with van der Waals surface area (Å²) in [6, 6.07) is 0. The van der Waals surface area contributed by atoms with E-state index in [1.807, 2.05) is 13.8 Å². The first-order valence-corrected chi connectivity index (χ1v) is 6.60. The van der Waals surface area contributed by atoms with Crippen molar-refractivity contribution in [2.75, 3.05) is 11.9 Å². The minimum absolute atomic E-state index is 0.552. The van der Waals surface area contributed by atoms with Gasteiger partial charge in [-0.15, -0.1) is 0 Å². The topological polar surface area (TPSA) is 37.8 Å². The Balaban J connectivity index is 2.80. The van der Waals surface area contributed by atoms with Crippen LogP contribution in [0, 0.1) is 18.8 Å². The fraction of sp³-hybridized carbons (Fsp3) is 0.692. The summed E-state index contributed by atoms with van der Waals surface area (Å²) >= 11 is 6.08. The number of hydrogen-bond acceptors (Lipinski definition) is 3. The normalized spacial score (nSPS) is 12.9. The van der Waals surface area contributed by atoms with Crippen LogP contribution in [0.25, 0.3) is 0 Å². The molecule has 0 spiro atoms. The Morgan fingerprint density at radius 2 is 1.88 bits per heavy atom. The summed E-state index contributed by atoms with van der Waals surface area (Å²) in [5.74, 6) is 2.92. The lowest BCUT2D eigenvalue weighted by Gasteiger charge is -2.18. The number of aromatic nitrogens is 2. The molecule has 1 N–H and O–H groups in total. The van der Waals surface area contributed by atoms with Crippen LogP contribution in [0.2, 0.25) is 5.15 Å². The van der Waals surface area contributed by atoms with E-state index in [0.29, 0.717) is 17.0 Å². The van der Waals surface area contributed by atoms with Crippen molar-refractivity contribution < 1.29 is 0 Å². The van der Waals surface area contributed by atoms with Crippen molar-refractivity contribution in [2.45, 2.75) is 41.0 Å². The fourth-order valence-corrected chi connectivity index (χ4v) is 1.54. The SMILES string of the molecule is CCc1nc(Cl)c(C)c(NCC(C)C(C)C)n1. The van der Waals surface area contributed by atoms with Crippen molar-refractivity contribution in [1.82, 2.24) is 9.97 Å². The van der Waals surface area contributed by atoms with E-state index >= 15 is 0 Å². The lowest BCUT2D eigenvalue weighted by Crippen LogP contribution is -2.18. The molecule has 0 aliphatic carbocycles. The maximum atomic E-state index is 6.08. The average molecular weight is 256 g/mol. The molecule has 1 aromatic rings. The molecule has 1 aromatic heterocycles. The molecule has 0 saturated carbocycles. The molecule has 0 radical (unpaired) electrons. The second-order valence-electron chi connectivity index (χ2n) is 4.86. The monoisotopic (exact) mass is 255 g/mol. The van der Waals surface area contributed by atoms with E-state index < -0.39 is 0 Å². The molecule has 4 heteroatoms. The summed E-state index contributed by atoms with van der Waals surface area (Å²) in [5, 5.41) is 3.93. The molecule has 0 saturated heterocycles. The summed E-state index contributed by atoms with van der Waals surface area (Å²) in [5.41, 5.74) is 0.930. The van der Waals surface area contributed by atoms with Gasteiger partial charge in [-0.05, 0) is 18.8 Å². The first kappa shape index (κ1) is 14.2. The highest BCUT2D eigenvalue weighted by molar-refractivity contribution is 6.30. The number of nitrogens with zero attached hydrogens (tertiary/aromatic N) is 2. The first-order chi connectivity index (χ1) is 7.95. The number of anilines is 1. The smallest absolute Gasteiger partial charge is 0.137 e. The van der Waals surface area contributed by atoms with Crippen molar-refractivity contribution in [3.63, 3.8) is 0 Å². The van der Waals surface area contributed by atoms with Gasteiger partial charge >= 0.3 is 0 Å². The summed E-state index contributed by atoms with van der Waals surface area (Å²) in [7, 11) is 0. The Labute approximate surface area is 109 Å². The van der Waals surface area contributed by atoms with Crippen molar-refractivity contribution in [3.05, 3.63) is 16.5 Å². The zero-order valence-corrected chi connectivity index (χ0v) is 12.1. The third kappa shape index (κ3) is 3.84. The van der Waals surface area contributed by atoms with Crippen LogP contribution in [0.5, 0.6) is 0 Å².